The molecule has 176 valence electrons. The minimum absolute atomic E-state index is 0.0465. The van der Waals surface area contributed by atoms with Gasteiger partial charge in [-0.15, -0.1) is 0 Å². The van der Waals surface area contributed by atoms with E-state index in [4.69, 9.17) is 9.72 Å². The molecule has 0 radical (unpaired) electrons. The molecule has 5 nitrogen and oxygen atoms in total. The molecule has 2 fully saturated rings. The van der Waals surface area contributed by atoms with Crippen molar-refractivity contribution in [2.24, 2.45) is 17.8 Å². The highest BCUT2D eigenvalue weighted by molar-refractivity contribution is 9.10. The van der Waals surface area contributed by atoms with E-state index >= 15 is 0 Å². The molecule has 2 saturated carbocycles. The van der Waals surface area contributed by atoms with Gasteiger partial charge >= 0.3 is 5.97 Å². The van der Waals surface area contributed by atoms with Crippen molar-refractivity contribution in [1.29, 1.82) is 0 Å². The Balaban J connectivity index is 1.48. The number of benzene rings is 2. The SMILES string of the molecule is CCOC(=O)C1CC2CCC(C1)C2NC(=O)c1c(C)c(-c2ccccc2)nc2ccc(Br)cc12. The van der Waals surface area contributed by atoms with E-state index in [-0.39, 0.29) is 23.8 Å². The Morgan fingerprint density at radius 3 is 2.47 bits per heavy atom. The molecule has 34 heavy (non-hydrogen) atoms. The van der Waals surface area contributed by atoms with Gasteiger partial charge in [-0.1, -0.05) is 46.3 Å². The highest BCUT2D eigenvalue weighted by Crippen LogP contribution is 2.45. The Labute approximate surface area is 208 Å². The fraction of sp³-hybridized carbons (Fsp3) is 0.393. The molecule has 2 aliphatic rings. The van der Waals surface area contributed by atoms with Gasteiger partial charge in [0.1, 0.15) is 0 Å². The third kappa shape index (κ3) is 4.24. The molecule has 0 spiro atoms. The lowest BCUT2D eigenvalue weighted by molar-refractivity contribution is -0.150. The number of hydrogen-bond donors (Lipinski definition) is 1. The molecule has 1 aromatic heterocycles. The van der Waals surface area contributed by atoms with Crippen molar-refractivity contribution in [1.82, 2.24) is 10.3 Å². The van der Waals surface area contributed by atoms with E-state index in [1.807, 2.05) is 62.4 Å². The first kappa shape index (κ1) is 23.0. The van der Waals surface area contributed by atoms with E-state index < -0.39 is 0 Å². The van der Waals surface area contributed by atoms with Crippen LogP contribution in [-0.4, -0.2) is 29.5 Å². The third-order valence-corrected chi connectivity index (χ3v) is 7.97. The van der Waals surface area contributed by atoms with Gasteiger partial charge in [0.25, 0.3) is 5.91 Å². The summed E-state index contributed by atoms with van der Waals surface area (Å²) in [5, 5.41) is 4.23. The molecule has 2 atom stereocenters. The predicted octanol–water partition coefficient (Wildman–Crippen LogP) is 6.07. The summed E-state index contributed by atoms with van der Waals surface area (Å²) in [4.78, 5) is 31.1. The number of ether oxygens (including phenoxy) is 1. The Bertz CT molecular complexity index is 1230. The maximum Gasteiger partial charge on any atom is 0.308 e. The normalized spacial score (nSPS) is 23.6. The first-order valence-electron chi connectivity index (χ1n) is 12.1. The van der Waals surface area contributed by atoms with E-state index in [1.54, 1.807) is 0 Å². The van der Waals surface area contributed by atoms with Crippen molar-refractivity contribution in [2.75, 3.05) is 6.61 Å². The zero-order valence-corrected chi connectivity index (χ0v) is 21.1. The summed E-state index contributed by atoms with van der Waals surface area (Å²) in [7, 11) is 0. The van der Waals surface area contributed by atoms with Crippen LogP contribution < -0.4 is 5.32 Å². The van der Waals surface area contributed by atoms with Gasteiger partial charge in [-0.05, 0) is 75.1 Å². The fourth-order valence-electron chi connectivity index (χ4n) is 5.94. The summed E-state index contributed by atoms with van der Waals surface area (Å²) in [5.74, 6) is 0.431. The van der Waals surface area contributed by atoms with Gasteiger partial charge in [0.05, 0.1) is 29.3 Å². The molecular weight excluding hydrogens is 492 g/mol. The standard InChI is InChI=1S/C28H29BrN2O3/c1-3-34-28(33)20-13-18-9-10-19(14-20)26(18)31-27(32)24-16(2)25(17-7-5-4-6-8-17)30-23-12-11-21(29)15-22(23)24/h4-8,11-12,15,18-20,26H,3,9-10,13-14H2,1-2H3,(H,31,32). The summed E-state index contributed by atoms with van der Waals surface area (Å²) in [5.41, 5.74) is 4.18. The maximum absolute atomic E-state index is 13.8. The first-order chi connectivity index (χ1) is 16.5. The quantitative estimate of drug-likeness (QED) is 0.414. The van der Waals surface area contributed by atoms with E-state index in [9.17, 15) is 9.59 Å². The van der Waals surface area contributed by atoms with Gasteiger partial charge in [-0.3, -0.25) is 9.59 Å². The van der Waals surface area contributed by atoms with Gasteiger partial charge < -0.3 is 10.1 Å². The second kappa shape index (κ2) is 9.49. The summed E-state index contributed by atoms with van der Waals surface area (Å²) >= 11 is 3.56. The molecule has 0 aliphatic heterocycles. The monoisotopic (exact) mass is 520 g/mol. The lowest BCUT2D eigenvalue weighted by Gasteiger charge is -2.35. The number of halogens is 1. The second-order valence-electron chi connectivity index (χ2n) is 9.51. The van der Waals surface area contributed by atoms with Crippen molar-refractivity contribution in [2.45, 2.75) is 45.6 Å². The van der Waals surface area contributed by atoms with Crippen LogP contribution >= 0.6 is 15.9 Å². The molecule has 2 unspecified atom stereocenters. The minimum atomic E-state index is -0.0856. The van der Waals surface area contributed by atoms with Crippen LogP contribution in [-0.2, 0) is 9.53 Å². The molecule has 0 saturated heterocycles. The largest absolute Gasteiger partial charge is 0.466 e. The van der Waals surface area contributed by atoms with Crippen LogP contribution in [0.25, 0.3) is 22.2 Å². The molecule has 2 bridgehead atoms. The molecule has 1 heterocycles. The number of carbonyl (C=O) groups is 2. The number of aromatic nitrogens is 1. The fourth-order valence-corrected chi connectivity index (χ4v) is 6.30. The summed E-state index contributed by atoms with van der Waals surface area (Å²) < 4.78 is 6.20. The van der Waals surface area contributed by atoms with Crippen molar-refractivity contribution < 1.29 is 14.3 Å². The molecule has 2 aliphatic carbocycles. The van der Waals surface area contributed by atoms with Crippen LogP contribution in [0.5, 0.6) is 0 Å². The number of hydrogen-bond acceptors (Lipinski definition) is 4. The average molecular weight is 521 g/mol. The number of amides is 1. The van der Waals surface area contributed by atoms with Crippen LogP contribution in [0.2, 0.25) is 0 Å². The number of fused-ring (bicyclic) bond motifs is 3. The lowest BCUT2D eigenvalue weighted by atomic mass is 9.77. The Morgan fingerprint density at radius 2 is 1.79 bits per heavy atom. The Morgan fingerprint density at radius 1 is 1.09 bits per heavy atom. The number of pyridine rings is 1. The molecule has 1 N–H and O–H groups in total. The summed E-state index contributed by atoms with van der Waals surface area (Å²) in [6.45, 7) is 4.25. The summed E-state index contributed by atoms with van der Waals surface area (Å²) in [6.07, 6.45) is 3.67. The Kier molecular flexibility index (Phi) is 6.43. The number of nitrogens with one attached hydrogen (secondary N) is 1. The molecule has 6 heteroatoms. The average Bonchev–Trinajstić information content (AvgIpc) is 3.05. The number of carbonyl (C=O) groups excluding carboxylic acids is 2. The van der Waals surface area contributed by atoms with Crippen LogP contribution in [0.15, 0.2) is 53.0 Å². The van der Waals surface area contributed by atoms with Gasteiger partial charge in [-0.25, -0.2) is 4.98 Å². The summed E-state index contributed by atoms with van der Waals surface area (Å²) in [6, 6.07) is 16.0. The molecule has 1 amide bonds. The molecule has 2 aromatic carbocycles. The third-order valence-electron chi connectivity index (χ3n) is 7.48. The van der Waals surface area contributed by atoms with Crippen molar-refractivity contribution in [3.63, 3.8) is 0 Å². The topological polar surface area (TPSA) is 68.3 Å². The lowest BCUT2D eigenvalue weighted by Crippen LogP contribution is -2.46. The number of esters is 1. The molecule has 3 aromatic rings. The van der Waals surface area contributed by atoms with Gasteiger partial charge in [0.2, 0.25) is 0 Å². The van der Waals surface area contributed by atoms with E-state index in [1.165, 1.54) is 0 Å². The second-order valence-corrected chi connectivity index (χ2v) is 10.4. The van der Waals surface area contributed by atoms with E-state index in [0.717, 1.165) is 57.9 Å². The zero-order chi connectivity index (χ0) is 23.8. The molecular formula is C28H29BrN2O3. The van der Waals surface area contributed by atoms with Crippen molar-refractivity contribution >= 4 is 38.7 Å². The minimum Gasteiger partial charge on any atom is -0.466 e. The van der Waals surface area contributed by atoms with Crippen molar-refractivity contribution in [3.05, 3.63) is 64.1 Å². The first-order valence-corrected chi connectivity index (χ1v) is 12.9. The predicted molar refractivity (Wildman–Crippen MR) is 136 cm³/mol. The van der Waals surface area contributed by atoms with Crippen LogP contribution in [0, 0.1) is 24.7 Å². The van der Waals surface area contributed by atoms with Gasteiger partial charge in [0, 0.05) is 21.5 Å². The highest BCUT2D eigenvalue weighted by atomic mass is 79.9. The highest BCUT2D eigenvalue weighted by Gasteiger charge is 2.46. The smallest absolute Gasteiger partial charge is 0.308 e. The van der Waals surface area contributed by atoms with Crippen LogP contribution in [0.4, 0.5) is 0 Å². The number of rotatable bonds is 5. The van der Waals surface area contributed by atoms with Gasteiger partial charge in [-0.2, -0.15) is 0 Å². The number of nitrogens with zero attached hydrogens (tertiary/aromatic N) is 1. The maximum atomic E-state index is 13.8. The van der Waals surface area contributed by atoms with E-state index in [0.29, 0.717) is 24.0 Å². The van der Waals surface area contributed by atoms with E-state index in [2.05, 4.69) is 21.2 Å². The van der Waals surface area contributed by atoms with Crippen LogP contribution in [0.1, 0.15) is 48.5 Å². The van der Waals surface area contributed by atoms with Crippen molar-refractivity contribution in [3.8, 4) is 11.3 Å². The van der Waals surface area contributed by atoms with Gasteiger partial charge in [0.15, 0.2) is 0 Å². The Hall–Kier alpha value is -2.73. The van der Waals surface area contributed by atoms with Crippen LogP contribution in [0.3, 0.4) is 0 Å². The zero-order valence-electron chi connectivity index (χ0n) is 19.5. The molecule has 5 rings (SSSR count).